The van der Waals surface area contributed by atoms with Gasteiger partial charge in [-0.1, -0.05) is 52.4 Å². The number of hydrogen-bond acceptors (Lipinski definition) is 3. The Balaban J connectivity index is 3.93. The molecule has 0 saturated carbocycles. The van der Waals surface area contributed by atoms with Gasteiger partial charge in [0, 0.05) is 0 Å². The number of thioether (sulfide) groups is 1. The Bertz CT molecular complexity index is 259. The Morgan fingerprint density at radius 3 is 2.32 bits per heavy atom. The first-order chi connectivity index (χ1) is 10.6. The van der Waals surface area contributed by atoms with Crippen LogP contribution in [0, 0.1) is 0 Å². The number of rotatable bonds is 15. The third kappa shape index (κ3) is 13.4. The highest BCUT2D eigenvalue weighted by Gasteiger charge is 2.19. The monoisotopic (exact) mass is 334 g/mol. The van der Waals surface area contributed by atoms with Crippen molar-refractivity contribution in [2.75, 3.05) is 12.4 Å². The van der Waals surface area contributed by atoms with E-state index in [-0.39, 0.29) is 11.2 Å². The molecule has 0 aromatic rings. The molecule has 0 fully saturated rings. The average molecular weight is 335 g/mol. The average Bonchev–Trinajstić information content (AvgIpc) is 2.48. The van der Waals surface area contributed by atoms with E-state index in [9.17, 15) is 9.18 Å². The fourth-order valence-electron chi connectivity index (χ4n) is 2.19. The first-order valence-electron chi connectivity index (χ1n) is 9.04. The van der Waals surface area contributed by atoms with Crippen molar-refractivity contribution in [1.82, 2.24) is 0 Å². The largest absolute Gasteiger partial charge is 0.465 e. The van der Waals surface area contributed by atoms with Gasteiger partial charge in [0.15, 0.2) is 0 Å². The molecule has 0 saturated heterocycles. The Morgan fingerprint density at radius 2 is 1.68 bits per heavy atom. The number of carbonyl (C=O) groups excluding carboxylic acids is 1. The first-order valence-corrected chi connectivity index (χ1v) is 10.1. The van der Waals surface area contributed by atoms with Gasteiger partial charge in [-0.2, -0.15) is 0 Å². The molecule has 0 bridgehead atoms. The van der Waals surface area contributed by atoms with E-state index in [1.54, 1.807) is 18.7 Å². The van der Waals surface area contributed by atoms with Crippen LogP contribution < -0.4 is 0 Å². The zero-order valence-corrected chi connectivity index (χ0v) is 15.6. The van der Waals surface area contributed by atoms with Gasteiger partial charge in [-0.15, -0.1) is 11.8 Å². The Kier molecular flexibility index (Phi) is 15.5. The van der Waals surface area contributed by atoms with Crippen molar-refractivity contribution in [2.24, 2.45) is 0 Å². The molecular formula is C18H35FO2S. The quantitative estimate of drug-likeness (QED) is 0.274. The Hall–Kier alpha value is -0.250. The number of ether oxygens (including phenoxy) is 1. The highest BCUT2D eigenvalue weighted by molar-refractivity contribution is 8.00. The van der Waals surface area contributed by atoms with Gasteiger partial charge in [0.2, 0.25) is 0 Å². The van der Waals surface area contributed by atoms with Gasteiger partial charge in [-0.3, -0.25) is 4.79 Å². The molecule has 2 nitrogen and oxygen atoms in total. The summed E-state index contributed by atoms with van der Waals surface area (Å²) in [4.78, 5) is 12.1. The molecule has 2 atom stereocenters. The van der Waals surface area contributed by atoms with E-state index >= 15 is 0 Å². The van der Waals surface area contributed by atoms with Gasteiger partial charge in [0.05, 0.1) is 12.8 Å². The van der Waals surface area contributed by atoms with Crippen molar-refractivity contribution in [2.45, 2.75) is 96.4 Å². The number of hydrogen-bond donors (Lipinski definition) is 0. The minimum absolute atomic E-state index is 0.0106. The molecule has 132 valence electrons. The zero-order valence-electron chi connectivity index (χ0n) is 14.7. The maximum absolute atomic E-state index is 12.7. The van der Waals surface area contributed by atoms with Crippen molar-refractivity contribution < 1.29 is 13.9 Å². The summed E-state index contributed by atoms with van der Waals surface area (Å²) >= 11 is 1.73. The molecule has 0 aliphatic carbocycles. The lowest BCUT2D eigenvalue weighted by atomic mass is 10.1. The SMILES string of the molecule is CCCCCC(SCCCCCC(C)F)C(=O)OCCCC. The van der Waals surface area contributed by atoms with E-state index in [4.69, 9.17) is 4.74 Å². The van der Waals surface area contributed by atoms with Gasteiger partial charge < -0.3 is 4.74 Å². The maximum Gasteiger partial charge on any atom is 0.319 e. The van der Waals surface area contributed by atoms with Crippen LogP contribution in [0.5, 0.6) is 0 Å². The van der Waals surface area contributed by atoms with E-state index in [0.29, 0.717) is 13.0 Å². The summed E-state index contributed by atoms with van der Waals surface area (Å²) < 4.78 is 18.1. The molecule has 0 aliphatic rings. The van der Waals surface area contributed by atoms with E-state index in [1.807, 2.05) is 0 Å². The zero-order chi connectivity index (χ0) is 16.6. The van der Waals surface area contributed by atoms with Crippen LogP contribution in [0.2, 0.25) is 0 Å². The minimum atomic E-state index is -0.692. The van der Waals surface area contributed by atoms with E-state index in [1.165, 1.54) is 12.8 Å². The third-order valence-corrected chi connectivity index (χ3v) is 5.00. The number of unbranched alkanes of at least 4 members (excludes halogenated alkanes) is 5. The lowest BCUT2D eigenvalue weighted by Crippen LogP contribution is -2.21. The summed E-state index contributed by atoms with van der Waals surface area (Å²) in [5, 5.41) is -0.0106. The molecule has 0 spiro atoms. The summed E-state index contributed by atoms with van der Waals surface area (Å²) in [5.74, 6) is 0.937. The molecule has 0 rings (SSSR count). The predicted molar refractivity (Wildman–Crippen MR) is 95.3 cm³/mol. The summed E-state index contributed by atoms with van der Waals surface area (Å²) in [6.07, 6.45) is 9.37. The second kappa shape index (κ2) is 15.6. The predicted octanol–water partition coefficient (Wildman–Crippen LogP) is 5.93. The second-order valence-corrected chi connectivity index (χ2v) is 7.32. The van der Waals surface area contributed by atoms with Crippen LogP contribution in [0.4, 0.5) is 4.39 Å². The standard InChI is InChI=1S/C18H35FO2S/c1-4-6-9-13-17(18(20)21-14-7-5-2)22-15-11-8-10-12-16(3)19/h16-17H,4-15H2,1-3H3. The van der Waals surface area contributed by atoms with Gasteiger partial charge in [-0.25, -0.2) is 4.39 Å². The highest BCUT2D eigenvalue weighted by atomic mass is 32.2. The summed E-state index contributed by atoms with van der Waals surface area (Å²) in [6.45, 7) is 6.44. The summed E-state index contributed by atoms with van der Waals surface area (Å²) in [5.41, 5.74) is 0. The summed E-state index contributed by atoms with van der Waals surface area (Å²) in [6, 6.07) is 0. The molecule has 0 N–H and O–H groups in total. The van der Waals surface area contributed by atoms with Crippen molar-refractivity contribution in [3.8, 4) is 0 Å². The number of halogens is 1. The molecule has 0 aromatic heterocycles. The van der Waals surface area contributed by atoms with Crippen LogP contribution in [0.3, 0.4) is 0 Å². The van der Waals surface area contributed by atoms with Crippen LogP contribution in [-0.2, 0) is 9.53 Å². The summed E-state index contributed by atoms with van der Waals surface area (Å²) in [7, 11) is 0. The number of alkyl halides is 1. The van der Waals surface area contributed by atoms with Gasteiger partial charge in [0.25, 0.3) is 0 Å². The number of carbonyl (C=O) groups is 1. The van der Waals surface area contributed by atoms with Crippen molar-refractivity contribution >= 4 is 17.7 Å². The van der Waals surface area contributed by atoms with Gasteiger partial charge in [0.1, 0.15) is 5.25 Å². The Labute approximate surface area is 141 Å². The lowest BCUT2D eigenvalue weighted by Gasteiger charge is -2.15. The fraction of sp³-hybridized carbons (Fsp3) is 0.944. The number of esters is 1. The smallest absolute Gasteiger partial charge is 0.319 e. The van der Waals surface area contributed by atoms with Crippen LogP contribution in [0.1, 0.15) is 85.0 Å². The van der Waals surface area contributed by atoms with Crippen LogP contribution >= 0.6 is 11.8 Å². The molecule has 0 aliphatic heterocycles. The molecular weight excluding hydrogens is 299 g/mol. The molecule has 0 amide bonds. The van der Waals surface area contributed by atoms with Gasteiger partial charge in [-0.05, 0) is 38.4 Å². The normalized spacial score (nSPS) is 13.8. The molecule has 0 heterocycles. The minimum Gasteiger partial charge on any atom is -0.465 e. The van der Waals surface area contributed by atoms with Crippen LogP contribution in [0.15, 0.2) is 0 Å². The van der Waals surface area contributed by atoms with E-state index < -0.39 is 6.17 Å². The molecule has 0 radical (unpaired) electrons. The topological polar surface area (TPSA) is 26.3 Å². The first kappa shape index (κ1) is 21.8. The maximum atomic E-state index is 12.7. The van der Waals surface area contributed by atoms with E-state index in [0.717, 1.165) is 50.7 Å². The van der Waals surface area contributed by atoms with Gasteiger partial charge >= 0.3 is 5.97 Å². The van der Waals surface area contributed by atoms with Crippen LogP contribution in [0.25, 0.3) is 0 Å². The van der Waals surface area contributed by atoms with E-state index in [2.05, 4.69) is 13.8 Å². The fourth-order valence-corrected chi connectivity index (χ4v) is 3.38. The highest BCUT2D eigenvalue weighted by Crippen LogP contribution is 2.22. The lowest BCUT2D eigenvalue weighted by molar-refractivity contribution is -0.143. The van der Waals surface area contributed by atoms with Crippen molar-refractivity contribution in [1.29, 1.82) is 0 Å². The van der Waals surface area contributed by atoms with Crippen molar-refractivity contribution in [3.05, 3.63) is 0 Å². The molecule has 2 unspecified atom stereocenters. The molecule has 0 aromatic carbocycles. The second-order valence-electron chi connectivity index (χ2n) is 6.01. The molecule has 4 heteroatoms. The Morgan fingerprint density at radius 1 is 1.00 bits per heavy atom. The molecule has 22 heavy (non-hydrogen) atoms. The van der Waals surface area contributed by atoms with Crippen molar-refractivity contribution in [3.63, 3.8) is 0 Å². The van der Waals surface area contributed by atoms with Crippen LogP contribution in [-0.4, -0.2) is 29.8 Å². The third-order valence-electron chi connectivity index (χ3n) is 3.64.